The average molecular weight is 273 g/mol. The quantitative estimate of drug-likeness (QED) is 0.669. The summed E-state index contributed by atoms with van der Waals surface area (Å²) in [4.78, 5) is 3.68. The molecule has 1 unspecified atom stereocenters. The maximum Gasteiger partial charge on any atom is 0.249 e. The third kappa shape index (κ3) is 3.33. The lowest BCUT2D eigenvalue weighted by molar-refractivity contribution is 0.390. The Morgan fingerprint density at radius 2 is 1.60 bits per heavy atom. The first-order valence-corrected chi connectivity index (χ1v) is 7.11. The van der Waals surface area contributed by atoms with Crippen molar-refractivity contribution in [2.45, 2.75) is 65.3 Å². The van der Waals surface area contributed by atoms with Crippen LogP contribution < -0.4 is 4.74 Å². The van der Waals surface area contributed by atoms with Crippen LogP contribution in [0.4, 0.5) is 0 Å². The molecule has 1 aromatic rings. The number of hydrogen-bond donors (Lipinski definition) is 0. The van der Waals surface area contributed by atoms with Gasteiger partial charge in [0.25, 0.3) is 0 Å². The summed E-state index contributed by atoms with van der Waals surface area (Å²) in [6.45, 7) is 22.4. The Hall–Kier alpha value is -1.49. The summed E-state index contributed by atoms with van der Waals surface area (Å²) >= 11 is 0. The lowest BCUT2D eigenvalue weighted by Crippen LogP contribution is -2.19. The molecule has 0 N–H and O–H groups in total. The number of ether oxygens (including phenoxy) is 1. The van der Waals surface area contributed by atoms with Gasteiger partial charge in [0, 0.05) is 12.5 Å². The fourth-order valence-electron chi connectivity index (χ4n) is 2.25. The van der Waals surface area contributed by atoms with E-state index in [1.54, 1.807) is 7.11 Å². The molecule has 0 aromatic heterocycles. The van der Waals surface area contributed by atoms with Crippen molar-refractivity contribution in [3.8, 4) is 5.75 Å². The minimum Gasteiger partial charge on any atom is -0.496 e. The van der Waals surface area contributed by atoms with Crippen molar-refractivity contribution in [3.05, 3.63) is 40.2 Å². The van der Waals surface area contributed by atoms with Crippen molar-refractivity contribution >= 4 is 0 Å². The van der Waals surface area contributed by atoms with E-state index in [9.17, 15) is 0 Å². The van der Waals surface area contributed by atoms with E-state index in [2.05, 4.69) is 58.5 Å². The van der Waals surface area contributed by atoms with Gasteiger partial charge in [-0.15, -0.1) is 0 Å². The van der Waals surface area contributed by atoms with Crippen molar-refractivity contribution in [1.29, 1.82) is 0 Å². The second-order valence-electron chi connectivity index (χ2n) is 7.45. The smallest absolute Gasteiger partial charge is 0.249 e. The third-order valence-electron chi connectivity index (χ3n) is 3.64. The fourth-order valence-corrected chi connectivity index (χ4v) is 2.25. The molecule has 0 bridgehead atoms. The Labute approximate surface area is 124 Å². The number of nitrogens with zero attached hydrogens (tertiary/aromatic N) is 1. The molecule has 0 amide bonds. The van der Waals surface area contributed by atoms with Crippen molar-refractivity contribution in [2.75, 3.05) is 7.11 Å². The molecular weight excluding hydrogens is 246 g/mol. The monoisotopic (exact) mass is 273 g/mol. The highest BCUT2D eigenvalue weighted by Gasteiger charge is 2.28. The van der Waals surface area contributed by atoms with Crippen LogP contribution in [0.5, 0.6) is 5.75 Å². The second kappa shape index (κ2) is 5.48. The first-order chi connectivity index (χ1) is 9.02. The van der Waals surface area contributed by atoms with Gasteiger partial charge in [-0.2, -0.15) is 0 Å². The van der Waals surface area contributed by atoms with Crippen molar-refractivity contribution in [3.63, 3.8) is 0 Å². The van der Waals surface area contributed by atoms with Gasteiger partial charge in [0.05, 0.1) is 12.7 Å². The van der Waals surface area contributed by atoms with E-state index < -0.39 is 0 Å². The molecule has 1 atom stereocenters. The number of rotatable bonds is 2. The Balaban J connectivity index is 3.71. The normalized spacial score (nSPS) is 13.8. The van der Waals surface area contributed by atoms with Gasteiger partial charge in [0.1, 0.15) is 5.75 Å². The summed E-state index contributed by atoms with van der Waals surface area (Å²) in [6.07, 6.45) is 0. The number of benzene rings is 1. The van der Waals surface area contributed by atoms with Crippen LogP contribution in [0, 0.1) is 6.57 Å². The molecule has 0 heterocycles. The Kier molecular flexibility index (Phi) is 4.54. The summed E-state index contributed by atoms with van der Waals surface area (Å²) in [5.74, 6) is 0.869. The number of methoxy groups -OCH3 is 1. The Morgan fingerprint density at radius 1 is 1.05 bits per heavy atom. The van der Waals surface area contributed by atoms with Gasteiger partial charge in [-0.1, -0.05) is 47.6 Å². The van der Waals surface area contributed by atoms with E-state index in [4.69, 9.17) is 11.3 Å². The highest BCUT2D eigenvalue weighted by atomic mass is 16.5. The van der Waals surface area contributed by atoms with Gasteiger partial charge in [-0.3, -0.25) is 0 Å². The van der Waals surface area contributed by atoms with Crippen LogP contribution in [0.2, 0.25) is 0 Å². The van der Waals surface area contributed by atoms with Gasteiger partial charge in [0.15, 0.2) is 0 Å². The van der Waals surface area contributed by atoms with Gasteiger partial charge in [0.2, 0.25) is 6.04 Å². The lowest BCUT2D eigenvalue weighted by Gasteiger charge is -2.28. The van der Waals surface area contributed by atoms with Crippen LogP contribution in [0.1, 0.15) is 71.2 Å². The molecule has 2 nitrogen and oxygen atoms in total. The van der Waals surface area contributed by atoms with E-state index in [-0.39, 0.29) is 16.9 Å². The lowest BCUT2D eigenvalue weighted by atomic mass is 9.78. The van der Waals surface area contributed by atoms with E-state index in [0.717, 1.165) is 11.3 Å². The van der Waals surface area contributed by atoms with Crippen LogP contribution in [0.3, 0.4) is 0 Å². The second-order valence-corrected chi connectivity index (χ2v) is 7.45. The van der Waals surface area contributed by atoms with Crippen molar-refractivity contribution in [2.24, 2.45) is 0 Å². The minimum absolute atomic E-state index is 0.0108. The summed E-state index contributed by atoms with van der Waals surface area (Å²) in [5, 5.41) is 0. The molecule has 0 saturated heterocycles. The van der Waals surface area contributed by atoms with Crippen LogP contribution >= 0.6 is 0 Å². The first-order valence-electron chi connectivity index (χ1n) is 7.11. The fraction of sp³-hybridized carbons (Fsp3) is 0.611. The Morgan fingerprint density at radius 3 is 1.95 bits per heavy atom. The van der Waals surface area contributed by atoms with E-state index in [0.29, 0.717) is 0 Å². The molecule has 1 rings (SSSR count). The molecule has 110 valence electrons. The average Bonchev–Trinajstić information content (AvgIpc) is 2.33. The third-order valence-corrected chi connectivity index (χ3v) is 3.64. The molecule has 0 spiro atoms. The van der Waals surface area contributed by atoms with Gasteiger partial charge >= 0.3 is 0 Å². The van der Waals surface area contributed by atoms with E-state index >= 15 is 0 Å². The zero-order valence-corrected chi connectivity index (χ0v) is 14.1. The molecule has 0 radical (unpaired) electrons. The standard InChI is InChI=1S/C18H27NO/c1-12(19-8)14-10-13(17(2,3)4)11-15(16(14)20-9)18(5,6)7/h10-12H,1-7,9H3. The van der Waals surface area contributed by atoms with Crippen LogP contribution in [0.25, 0.3) is 4.85 Å². The molecule has 0 aliphatic heterocycles. The number of hydrogen-bond acceptors (Lipinski definition) is 1. The van der Waals surface area contributed by atoms with E-state index in [1.807, 2.05) is 6.92 Å². The van der Waals surface area contributed by atoms with Crippen LogP contribution in [-0.4, -0.2) is 7.11 Å². The predicted molar refractivity (Wildman–Crippen MR) is 85.4 cm³/mol. The molecule has 20 heavy (non-hydrogen) atoms. The molecule has 1 aromatic carbocycles. The summed E-state index contributed by atoms with van der Waals surface area (Å²) < 4.78 is 5.65. The summed E-state index contributed by atoms with van der Waals surface area (Å²) in [6, 6.07) is 4.18. The van der Waals surface area contributed by atoms with Gasteiger partial charge in [-0.25, -0.2) is 6.57 Å². The molecule has 0 fully saturated rings. The largest absolute Gasteiger partial charge is 0.496 e. The SMILES string of the molecule is [C-]#[N+]C(C)c1cc(C(C)(C)C)cc(C(C)(C)C)c1OC. The topological polar surface area (TPSA) is 13.6 Å². The molecule has 0 aliphatic rings. The maximum absolute atomic E-state index is 7.34. The molecule has 0 saturated carbocycles. The predicted octanol–water partition coefficient (Wildman–Crippen LogP) is 5.27. The molecular formula is C18H27NO. The van der Waals surface area contributed by atoms with Crippen LogP contribution in [-0.2, 0) is 10.8 Å². The van der Waals surface area contributed by atoms with Crippen molar-refractivity contribution < 1.29 is 4.74 Å². The van der Waals surface area contributed by atoms with Gasteiger partial charge < -0.3 is 9.58 Å². The minimum atomic E-state index is -0.187. The maximum atomic E-state index is 7.34. The molecule has 2 heteroatoms. The van der Waals surface area contributed by atoms with E-state index in [1.165, 1.54) is 11.1 Å². The Bertz CT molecular complexity index is 524. The van der Waals surface area contributed by atoms with Crippen molar-refractivity contribution in [1.82, 2.24) is 0 Å². The summed E-state index contributed by atoms with van der Waals surface area (Å²) in [5.41, 5.74) is 3.48. The first kappa shape index (κ1) is 16.6. The van der Waals surface area contributed by atoms with Crippen LogP contribution in [0.15, 0.2) is 12.1 Å². The van der Waals surface area contributed by atoms with Gasteiger partial charge in [-0.05, 0) is 22.5 Å². The highest BCUT2D eigenvalue weighted by molar-refractivity contribution is 5.51. The molecule has 0 aliphatic carbocycles. The highest BCUT2D eigenvalue weighted by Crippen LogP contribution is 2.41. The zero-order chi connectivity index (χ0) is 15.7. The zero-order valence-electron chi connectivity index (χ0n) is 14.1. The summed E-state index contributed by atoms with van der Waals surface area (Å²) in [7, 11) is 1.70.